The second-order valence-electron chi connectivity index (χ2n) is 4.11. The predicted octanol–water partition coefficient (Wildman–Crippen LogP) is 2.74. The van der Waals surface area contributed by atoms with Crippen molar-refractivity contribution in [3.63, 3.8) is 0 Å². The number of nitrogen functional groups attached to an aromatic ring is 1. The first-order chi connectivity index (χ1) is 8.81. The van der Waals surface area contributed by atoms with Crippen LogP contribution < -0.4 is 5.73 Å². The number of rotatable bonds is 4. The Hall–Kier alpha value is -1.88. The Kier molecular flexibility index (Phi) is 2.98. The van der Waals surface area contributed by atoms with Gasteiger partial charge in [-0.2, -0.15) is 5.10 Å². The van der Waals surface area contributed by atoms with E-state index in [1.165, 1.54) is 15.9 Å². The molecule has 0 aliphatic rings. The first kappa shape index (κ1) is 11.2. The van der Waals surface area contributed by atoms with E-state index in [4.69, 9.17) is 5.73 Å². The maximum absolute atomic E-state index is 5.62. The molecule has 0 spiro atoms. The van der Waals surface area contributed by atoms with E-state index in [1.807, 2.05) is 16.9 Å². The minimum Gasteiger partial charge on any atom is -0.396 e. The summed E-state index contributed by atoms with van der Waals surface area (Å²) in [7, 11) is 0. The monoisotopic (exact) mass is 258 g/mol. The number of H-pyrrole nitrogens is 1. The van der Waals surface area contributed by atoms with Crippen molar-refractivity contribution >= 4 is 28.4 Å². The summed E-state index contributed by atoms with van der Waals surface area (Å²) in [5, 5.41) is 6.60. The highest BCUT2D eigenvalue weighted by molar-refractivity contribution is 7.99. The van der Waals surface area contributed by atoms with E-state index in [9.17, 15) is 0 Å². The summed E-state index contributed by atoms with van der Waals surface area (Å²) in [5.41, 5.74) is 7.51. The summed E-state index contributed by atoms with van der Waals surface area (Å²) in [6.07, 6.45) is 3.53. The van der Waals surface area contributed by atoms with Gasteiger partial charge in [0.2, 0.25) is 0 Å². The zero-order chi connectivity index (χ0) is 12.4. The predicted molar refractivity (Wildman–Crippen MR) is 75.7 cm³/mol. The molecule has 0 saturated carbocycles. The van der Waals surface area contributed by atoms with Crippen LogP contribution in [-0.2, 0) is 6.54 Å². The van der Waals surface area contributed by atoms with Crippen LogP contribution in [0.2, 0.25) is 0 Å². The van der Waals surface area contributed by atoms with Gasteiger partial charge in [0.25, 0.3) is 0 Å². The Morgan fingerprint density at radius 2 is 2.22 bits per heavy atom. The van der Waals surface area contributed by atoms with Crippen LogP contribution in [0.1, 0.15) is 0 Å². The van der Waals surface area contributed by atoms with Crippen LogP contribution in [0, 0.1) is 0 Å². The molecule has 92 valence electrons. The quantitative estimate of drug-likeness (QED) is 0.707. The molecule has 3 aromatic rings. The number of hydrogen-bond donors (Lipinski definition) is 2. The topological polar surface area (TPSA) is 59.6 Å². The molecule has 0 atom stereocenters. The smallest absolute Gasteiger partial charge is 0.0733 e. The van der Waals surface area contributed by atoms with E-state index in [0.717, 1.165) is 12.3 Å². The average molecular weight is 258 g/mol. The van der Waals surface area contributed by atoms with E-state index in [2.05, 4.69) is 34.3 Å². The molecule has 18 heavy (non-hydrogen) atoms. The fraction of sp³-hybridized carbons (Fsp3) is 0.154. The molecule has 0 fully saturated rings. The van der Waals surface area contributed by atoms with Crippen LogP contribution in [-0.4, -0.2) is 20.5 Å². The third-order valence-electron chi connectivity index (χ3n) is 2.74. The fourth-order valence-corrected chi connectivity index (χ4v) is 2.77. The lowest BCUT2D eigenvalue weighted by molar-refractivity contribution is 0.666. The van der Waals surface area contributed by atoms with Crippen molar-refractivity contribution in [3.8, 4) is 0 Å². The number of aromatic amines is 1. The Morgan fingerprint density at radius 1 is 1.33 bits per heavy atom. The number of fused-ring (bicyclic) bond motifs is 1. The van der Waals surface area contributed by atoms with Crippen molar-refractivity contribution in [2.75, 3.05) is 11.5 Å². The lowest BCUT2D eigenvalue weighted by Crippen LogP contribution is -2.00. The number of anilines is 1. The standard InChI is InChI=1S/C13H14N4S/c14-11-8-15-17(9-11)5-6-18-13-7-10-3-1-2-4-12(10)16-13/h1-4,7-9,16H,5-6,14H2. The zero-order valence-electron chi connectivity index (χ0n) is 9.84. The van der Waals surface area contributed by atoms with E-state index < -0.39 is 0 Å². The molecule has 2 heterocycles. The summed E-state index contributed by atoms with van der Waals surface area (Å²) in [5.74, 6) is 0.966. The van der Waals surface area contributed by atoms with E-state index in [-0.39, 0.29) is 0 Å². The number of aryl methyl sites for hydroxylation is 1. The van der Waals surface area contributed by atoms with Gasteiger partial charge < -0.3 is 10.7 Å². The molecule has 2 aromatic heterocycles. The summed E-state index contributed by atoms with van der Waals surface area (Å²) in [6.45, 7) is 0.858. The molecular weight excluding hydrogens is 244 g/mol. The molecule has 0 bridgehead atoms. The summed E-state index contributed by atoms with van der Waals surface area (Å²) in [4.78, 5) is 3.40. The van der Waals surface area contributed by atoms with Crippen LogP contribution in [0.4, 0.5) is 5.69 Å². The molecule has 0 unspecified atom stereocenters. The number of thioether (sulfide) groups is 1. The summed E-state index contributed by atoms with van der Waals surface area (Å²) < 4.78 is 1.87. The first-order valence-electron chi connectivity index (χ1n) is 5.80. The van der Waals surface area contributed by atoms with Crippen molar-refractivity contribution in [2.45, 2.75) is 11.6 Å². The maximum Gasteiger partial charge on any atom is 0.0733 e. The van der Waals surface area contributed by atoms with E-state index >= 15 is 0 Å². The van der Waals surface area contributed by atoms with Crippen LogP contribution in [0.5, 0.6) is 0 Å². The first-order valence-corrected chi connectivity index (χ1v) is 6.78. The van der Waals surface area contributed by atoms with Gasteiger partial charge in [-0.1, -0.05) is 18.2 Å². The van der Waals surface area contributed by atoms with Crippen molar-refractivity contribution < 1.29 is 0 Å². The van der Waals surface area contributed by atoms with Gasteiger partial charge in [0.05, 0.1) is 23.5 Å². The van der Waals surface area contributed by atoms with Gasteiger partial charge in [0, 0.05) is 22.9 Å². The zero-order valence-corrected chi connectivity index (χ0v) is 10.7. The van der Waals surface area contributed by atoms with Gasteiger partial charge >= 0.3 is 0 Å². The van der Waals surface area contributed by atoms with Crippen LogP contribution >= 0.6 is 11.8 Å². The third-order valence-corrected chi connectivity index (χ3v) is 3.65. The Balaban J connectivity index is 1.62. The van der Waals surface area contributed by atoms with Crippen molar-refractivity contribution in [2.24, 2.45) is 0 Å². The average Bonchev–Trinajstić information content (AvgIpc) is 2.95. The van der Waals surface area contributed by atoms with Crippen LogP contribution in [0.15, 0.2) is 47.8 Å². The van der Waals surface area contributed by atoms with Crippen molar-refractivity contribution in [3.05, 3.63) is 42.7 Å². The molecule has 4 nitrogen and oxygen atoms in total. The maximum atomic E-state index is 5.62. The van der Waals surface area contributed by atoms with Gasteiger partial charge in [-0.15, -0.1) is 11.8 Å². The highest BCUT2D eigenvalue weighted by Gasteiger charge is 2.01. The van der Waals surface area contributed by atoms with Gasteiger partial charge in [0.1, 0.15) is 0 Å². The Labute approximate surface area is 109 Å². The molecule has 0 radical (unpaired) electrons. The van der Waals surface area contributed by atoms with Crippen molar-refractivity contribution in [1.82, 2.24) is 14.8 Å². The van der Waals surface area contributed by atoms with Crippen molar-refractivity contribution in [1.29, 1.82) is 0 Å². The number of nitrogens with two attached hydrogens (primary N) is 1. The van der Waals surface area contributed by atoms with Gasteiger partial charge in [-0.05, 0) is 12.1 Å². The molecule has 3 N–H and O–H groups in total. The molecule has 5 heteroatoms. The SMILES string of the molecule is Nc1cnn(CCSc2cc3ccccc3[nH]2)c1. The summed E-state index contributed by atoms with van der Waals surface area (Å²) in [6, 6.07) is 10.5. The van der Waals surface area contributed by atoms with Gasteiger partial charge in [-0.3, -0.25) is 4.68 Å². The second-order valence-corrected chi connectivity index (χ2v) is 5.24. The Bertz CT molecular complexity index is 623. The molecular formula is C13H14N4S. The molecule has 0 saturated heterocycles. The highest BCUT2D eigenvalue weighted by atomic mass is 32.2. The van der Waals surface area contributed by atoms with Crippen LogP contribution in [0.3, 0.4) is 0 Å². The normalized spacial score (nSPS) is 11.1. The number of benzene rings is 1. The molecule has 3 rings (SSSR count). The largest absolute Gasteiger partial charge is 0.396 e. The number of hydrogen-bond acceptors (Lipinski definition) is 3. The number of para-hydroxylation sites is 1. The minimum atomic E-state index is 0.714. The molecule has 0 aliphatic heterocycles. The third kappa shape index (κ3) is 2.36. The van der Waals surface area contributed by atoms with Crippen LogP contribution in [0.25, 0.3) is 10.9 Å². The Morgan fingerprint density at radius 3 is 3.00 bits per heavy atom. The number of nitrogens with one attached hydrogen (secondary N) is 1. The molecule has 0 aliphatic carbocycles. The fourth-order valence-electron chi connectivity index (χ4n) is 1.88. The highest BCUT2D eigenvalue weighted by Crippen LogP contribution is 2.23. The number of aromatic nitrogens is 3. The van der Waals surface area contributed by atoms with E-state index in [0.29, 0.717) is 5.69 Å². The van der Waals surface area contributed by atoms with Gasteiger partial charge in [-0.25, -0.2) is 0 Å². The minimum absolute atomic E-state index is 0.714. The molecule has 0 amide bonds. The van der Waals surface area contributed by atoms with E-state index in [1.54, 1.807) is 18.0 Å². The lowest BCUT2D eigenvalue weighted by Gasteiger charge is -1.99. The lowest BCUT2D eigenvalue weighted by atomic mass is 10.3. The summed E-state index contributed by atoms with van der Waals surface area (Å²) >= 11 is 1.79. The second kappa shape index (κ2) is 4.78. The number of nitrogens with zero attached hydrogens (tertiary/aromatic N) is 2. The van der Waals surface area contributed by atoms with Gasteiger partial charge in [0.15, 0.2) is 0 Å². The molecule has 1 aromatic carbocycles.